The molecule has 104 valence electrons. The Balaban J connectivity index is 1.72. The van der Waals surface area contributed by atoms with Crippen molar-refractivity contribution in [1.82, 2.24) is 20.4 Å². The largest absolute Gasteiger partial charge is 0.349 e. The molecule has 5 heteroatoms. The van der Waals surface area contributed by atoms with Crippen LogP contribution in [0.5, 0.6) is 0 Å². The van der Waals surface area contributed by atoms with Crippen LogP contribution in [0.25, 0.3) is 0 Å². The molecule has 1 aliphatic carbocycles. The molecular formula is C14H22N4O. The molecular weight excluding hydrogens is 240 g/mol. The molecule has 2 heterocycles. The van der Waals surface area contributed by atoms with Crippen LogP contribution in [0.1, 0.15) is 37.1 Å². The predicted octanol–water partition coefficient (Wildman–Crippen LogP) is 0.769. The number of amides is 1. The maximum Gasteiger partial charge on any atom is 0.225 e. The minimum Gasteiger partial charge on any atom is -0.349 e. The zero-order chi connectivity index (χ0) is 13.4. The molecule has 3 rings (SSSR count). The molecule has 1 saturated heterocycles. The molecule has 2 aliphatic rings. The fourth-order valence-electron chi connectivity index (χ4n) is 3.30. The molecule has 1 amide bonds. The van der Waals surface area contributed by atoms with Gasteiger partial charge in [0.15, 0.2) is 0 Å². The van der Waals surface area contributed by atoms with Crippen molar-refractivity contribution in [3.05, 3.63) is 17.5 Å². The fraction of sp³-hybridized carbons (Fsp3) is 0.714. The summed E-state index contributed by atoms with van der Waals surface area (Å²) >= 11 is 0. The van der Waals surface area contributed by atoms with E-state index in [-0.39, 0.29) is 17.9 Å². The van der Waals surface area contributed by atoms with Gasteiger partial charge in [-0.1, -0.05) is 6.92 Å². The van der Waals surface area contributed by atoms with Crippen LogP contribution in [0.3, 0.4) is 0 Å². The standard InChI is InChI=1S/C14H22N4O/c1-9-6-15-7-10(9)14(19)17-12-4-3-5-13-11(12)8-16-18(13)2/h8-10,12,15H,3-7H2,1-2H3,(H,17,19)/t9-,10-,12?/m1/s1. The van der Waals surface area contributed by atoms with Gasteiger partial charge in [-0.05, 0) is 31.7 Å². The van der Waals surface area contributed by atoms with Crippen molar-refractivity contribution in [2.24, 2.45) is 18.9 Å². The van der Waals surface area contributed by atoms with Gasteiger partial charge in [0.2, 0.25) is 5.91 Å². The Labute approximate surface area is 113 Å². The van der Waals surface area contributed by atoms with Crippen molar-refractivity contribution in [2.75, 3.05) is 13.1 Å². The predicted molar refractivity (Wildman–Crippen MR) is 72.6 cm³/mol. The molecule has 5 nitrogen and oxygen atoms in total. The van der Waals surface area contributed by atoms with Crippen LogP contribution in [-0.4, -0.2) is 28.8 Å². The van der Waals surface area contributed by atoms with E-state index in [1.54, 1.807) is 0 Å². The molecule has 3 atom stereocenters. The van der Waals surface area contributed by atoms with E-state index in [0.29, 0.717) is 5.92 Å². The number of hydrogen-bond donors (Lipinski definition) is 2. The molecule has 2 N–H and O–H groups in total. The highest BCUT2D eigenvalue weighted by Crippen LogP contribution is 2.30. The smallest absolute Gasteiger partial charge is 0.225 e. The fourth-order valence-corrected chi connectivity index (χ4v) is 3.30. The second kappa shape index (κ2) is 4.96. The summed E-state index contributed by atoms with van der Waals surface area (Å²) in [6.45, 7) is 3.89. The highest BCUT2D eigenvalue weighted by molar-refractivity contribution is 5.80. The number of aromatic nitrogens is 2. The Bertz CT molecular complexity index is 482. The first-order chi connectivity index (χ1) is 9.16. The van der Waals surface area contributed by atoms with Crippen LogP contribution in [-0.2, 0) is 18.3 Å². The van der Waals surface area contributed by atoms with E-state index in [1.165, 1.54) is 11.3 Å². The lowest BCUT2D eigenvalue weighted by molar-refractivity contribution is -0.126. The van der Waals surface area contributed by atoms with E-state index in [1.807, 2.05) is 17.9 Å². The van der Waals surface area contributed by atoms with Crippen LogP contribution in [0.2, 0.25) is 0 Å². The first-order valence-electron chi connectivity index (χ1n) is 7.18. The first-order valence-corrected chi connectivity index (χ1v) is 7.18. The lowest BCUT2D eigenvalue weighted by atomic mass is 9.91. The molecule has 0 spiro atoms. The molecule has 1 aliphatic heterocycles. The van der Waals surface area contributed by atoms with Gasteiger partial charge >= 0.3 is 0 Å². The summed E-state index contributed by atoms with van der Waals surface area (Å²) in [7, 11) is 1.98. The molecule has 1 aromatic heterocycles. The summed E-state index contributed by atoms with van der Waals surface area (Å²) in [6, 6.07) is 0.151. The highest BCUT2D eigenvalue weighted by Gasteiger charge is 2.32. The maximum atomic E-state index is 12.4. The molecule has 0 saturated carbocycles. The second-order valence-corrected chi connectivity index (χ2v) is 5.87. The summed E-state index contributed by atoms with van der Waals surface area (Å²) in [6.07, 6.45) is 5.13. The van der Waals surface area contributed by atoms with Gasteiger partial charge in [-0.25, -0.2) is 0 Å². The first kappa shape index (κ1) is 12.7. The normalized spacial score (nSPS) is 30.1. The van der Waals surface area contributed by atoms with Crippen LogP contribution < -0.4 is 10.6 Å². The molecule has 1 unspecified atom stereocenters. The molecule has 19 heavy (non-hydrogen) atoms. The van der Waals surface area contributed by atoms with Gasteiger partial charge in [0, 0.05) is 24.8 Å². The van der Waals surface area contributed by atoms with Gasteiger partial charge in [0.05, 0.1) is 18.2 Å². The van der Waals surface area contributed by atoms with Gasteiger partial charge in [0.1, 0.15) is 0 Å². The van der Waals surface area contributed by atoms with Gasteiger partial charge in [-0.15, -0.1) is 0 Å². The molecule has 0 radical (unpaired) electrons. The summed E-state index contributed by atoms with van der Waals surface area (Å²) in [5.41, 5.74) is 2.48. The number of hydrogen-bond acceptors (Lipinski definition) is 3. The van der Waals surface area contributed by atoms with Gasteiger partial charge in [0.25, 0.3) is 0 Å². The number of nitrogens with one attached hydrogen (secondary N) is 2. The van der Waals surface area contributed by atoms with Crippen LogP contribution >= 0.6 is 0 Å². The molecule has 0 aromatic carbocycles. The van der Waals surface area contributed by atoms with E-state index in [4.69, 9.17) is 0 Å². The number of aryl methyl sites for hydroxylation is 1. The monoisotopic (exact) mass is 262 g/mol. The van der Waals surface area contributed by atoms with Crippen molar-refractivity contribution >= 4 is 5.91 Å². The Hall–Kier alpha value is -1.36. The number of carbonyl (C=O) groups excluding carboxylic acids is 1. The maximum absolute atomic E-state index is 12.4. The molecule has 0 bridgehead atoms. The lowest BCUT2D eigenvalue weighted by Crippen LogP contribution is -2.38. The number of nitrogens with zero attached hydrogens (tertiary/aromatic N) is 2. The van der Waals surface area contributed by atoms with Crippen LogP contribution in [0.15, 0.2) is 6.20 Å². The van der Waals surface area contributed by atoms with Crippen molar-refractivity contribution in [3.63, 3.8) is 0 Å². The Kier molecular flexibility index (Phi) is 3.31. The quantitative estimate of drug-likeness (QED) is 0.827. The van der Waals surface area contributed by atoms with E-state index in [9.17, 15) is 4.79 Å². The summed E-state index contributed by atoms with van der Waals surface area (Å²) in [5, 5.41) is 10.8. The summed E-state index contributed by atoms with van der Waals surface area (Å²) in [4.78, 5) is 12.4. The number of rotatable bonds is 2. The minimum absolute atomic E-state index is 0.113. The summed E-state index contributed by atoms with van der Waals surface area (Å²) in [5.74, 6) is 0.734. The third-order valence-corrected chi connectivity index (χ3v) is 4.55. The van der Waals surface area contributed by atoms with E-state index in [0.717, 1.165) is 32.4 Å². The molecule has 1 fully saturated rings. The Morgan fingerprint density at radius 2 is 2.37 bits per heavy atom. The van der Waals surface area contributed by atoms with E-state index < -0.39 is 0 Å². The topological polar surface area (TPSA) is 59.0 Å². The average molecular weight is 262 g/mol. The van der Waals surface area contributed by atoms with Crippen molar-refractivity contribution in [1.29, 1.82) is 0 Å². The zero-order valence-corrected chi connectivity index (χ0v) is 11.6. The van der Waals surface area contributed by atoms with Crippen LogP contribution in [0.4, 0.5) is 0 Å². The minimum atomic E-state index is 0.113. The third kappa shape index (κ3) is 2.27. The number of carbonyl (C=O) groups is 1. The zero-order valence-electron chi connectivity index (χ0n) is 11.6. The number of fused-ring (bicyclic) bond motifs is 1. The average Bonchev–Trinajstić information content (AvgIpc) is 2.97. The third-order valence-electron chi connectivity index (χ3n) is 4.55. The SMILES string of the molecule is C[C@@H]1CNC[C@H]1C(=O)NC1CCCc2c1cnn2C. The second-order valence-electron chi connectivity index (χ2n) is 5.87. The van der Waals surface area contributed by atoms with Gasteiger partial charge < -0.3 is 10.6 Å². The molecule has 1 aromatic rings. The van der Waals surface area contributed by atoms with Crippen molar-refractivity contribution < 1.29 is 4.79 Å². The van der Waals surface area contributed by atoms with Gasteiger partial charge in [-0.2, -0.15) is 5.10 Å². The lowest BCUT2D eigenvalue weighted by Gasteiger charge is -2.25. The van der Waals surface area contributed by atoms with E-state index in [2.05, 4.69) is 22.7 Å². The van der Waals surface area contributed by atoms with Crippen molar-refractivity contribution in [3.8, 4) is 0 Å². The van der Waals surface area contributed by atoms with Gasteiger partial charge in [-0.3, -0.25) is 9.48 Å². The highest BCUT2D eigenvalue weighted by atomic mass is 16.2. The van der Waals surface area contributed by atoms with Crippen molar-refractivity contribution in [2.45, 2.75) is 32.2 Å². The summed E-state index contributed by atoms with van der Waals surface area (Å²) < 4.78 is 1.94. The van der Waals surface area contributed by atoms with Crippen LogP contribution in [0, 0.1) is 11.8 Å². The Morgan fingerprint density at radius 1 is 1.53 bits per heavy atom. The Morgan fingerprint density at radius 3 is 3.11 bits per heavy atom. The van der Waals surface area contributed by atoms with E-state index >= 15 is 0 Å².